The van der Waals surface area contributed by atoms with Crippen LogP contribution in [0.25, 0.3) is 22.3 Å². The molecule has 1 N–H and O–H groups in total. The molecule has 2 heteroatoms. The van der Waals surface area contributed by atoms with E-state index in [0.717, 1.165) is 12.1 Å². The average Bonchev–Trinajstić information content (AvgIpc) is 3.13. The van der Waals surface area contributed by atoms with Gasteiger partial charge >= 0.3 is 0 Å². The van der Waals surface area contributed by atoms with Gasteiger partial charge in [-0.3, -0.25) is 4.79 Å². The first-order valence-electron chi connectivity index (χ1n) is 9.80. The van der Waals surface area contributed by atoms with Crippen molar-refractivity contribution in [1.82, 2.24) is 0 Å². The van der Waals surface area contributed by atoms with Gasteiger partial charge in [0.1, 0.15) is 0 Å². The summed E-state index contributed by atoms with van der Waals surface area (Å²) in [5.41, 5.74) is 8.69. The number of rotatable bonds is 2. The van der Waals surface area contributed by atoms with Gasteiger partial charge in [-0.1, -0.05) is 91.0 Å². The van der Waals surface area contributed by atoms with Crippen molar-refractivity contribution >= 4 is 11.6 Å². The van der Waals surface area contributed by atoms with Gasteiger partial charge in [0, 0.05) is 12.6 Å². The normalized spacial score (nSPS) is 10.9. The number of anilines is 1. The molecule has 1 aliphatic carbocycles. The molecule has 0 aromatic heterocycles. The van der Waals surface area contributed by atoms with Gasteiger partial charge in [-0.2, -0.15) is 0 Å². The first-order valence-corrected chi connectivity index (χ1v) is 9.80. The van der Waals surface area contributed by atoms with Crippen LogP contribution in [0.1, 0.15) is 18.1 Å². The van der Waals surface area contributed by atoms with Crippen LogP contribution >= 0.6 is 0 Å². The van der Waals surface area contributed by atoms with E-state index in [4.69, 9.17) is 0 Å². The quantitative estimate of drug-likeness (QED) is 0.370. The van der Waals surface area contributed by atoms with Crippen LogP contribution in [0.4, 0.5) is 5.69 Å². The Bertz CT molecular complexity index is 1080. The van der Waals surface area contributed by atoms with Crippen LogP contribution in [0, 0.1) is 0 Å². The van der Waals surface area contributed by atoms with Crippen molar-refractivity contribution in [2.24, 2.45) is 0 Å². The molecular weight excluding hydrogens is 354 g/mol. The first kappa shape index (κ1) is 18.7. The van der Waals surface area contributed by atoms with Gasteiger partial charge in [-0.15, -0.1) is 0 Å². The summed E-state index contributed by atoms with van der Waals surface area (Å²) in [5.74, 6) is -0.0274. The summed E-state index contributed by atoms with van der Waals surface area (Å²) in [6.45, 7) is 1.53. The van der Waals surface area contributed by atoms with E-state index >= 15 is 0 Å². The molecule has 0 bridgehead atoms. The van der Waals surface area contributed by atoms with Crippen molar-refractivity contribution in [3.8, 4) is 22.3 Å². The predicted octanol–water partition coefficient (Wildman–Crippen LogP) is 6.57. The average molecular weight is 377 g/mol. The fourth-order valence-electron chi connectivity index (χ4n) is 3.69. The van der Waals surface area contributed by atoms with Gasteiger partial charge in [0.05, 0.1) is 0 Å². The fraction of sp³-hybridized carbons (Fsp3) is 0.0741. The van der Waals surface area contributed by atoms with Crippen LogP contribution in [-0.4, -0.2) is 5.91 Å². The Morgan fingerprint density at radius 1 is 0.655 bits per heavy atom. The predicted molar refractivity (Wildman–Crippen MR) is 121 cm³/mol. The molecule has 4 aromatic carbocycles. The first-order chi connectivity index (χ1) is 14.2. The number of amides is 1. The van der Waals surface area contributed by atoms with Crippen LogP contribution in [0.15, 0.2) is 103 Å². The number of nitrogens with one attached hydrogen (secondary N) is 1. The Kier molecular flexibility index (Phi) is 5.53. The van der Waals surface area contributed by atoms with E-state index in [1.54, 1.807) is 0 Å². The molecule has 5 rings (SSSR count). The number of hydrogen-bond donors (Lipinski definition) is 1. The van der Waals surface area contributed by atoms with Gasteiger partial charge in [0.15, 0.2) is 0 Å². The lowest BCUT2D eigenvalue weighted by atomic mass is 10.1. The van der Waals surface area contributed by atoms with E-state index < -0.39 is 0 Å². The minimum atomic E-state index is -0.0274. The standard InChI is InChI=1S/C15H13NO.C12H10/c1-10(17)16-13-6-7-15-12(9-13)8-11-4-2-3-5-14(11)15;1-3-7-11(8-4-1)12-9-5-2-6-10-12/h2-7,9H,8H2,1H3,(H,16,17);1-10H. The molecule has 142 valence electrons. The molecule has 0 heterocycles. The Balaban J connectivity index is 0.000000150. The molecule has 29 heavy (non-hydrogen) atoms. The maximum absolute atomic E-state index is 11.0. The highest BCUT2D eigenvalue weighted by atomic mass is 16.1. The van der Waals surface area contributed by atoms with Crippen molar-refractivity contribution in [1.29, 1.82) is 0 Å². The van der Waals surface area contributed by atoms with E-state index in [0.29, 0.717) is 0 Å². The van der Waals surface area contributed by atoms with E-state index in [1.165, 1.54) is 40.3 Å². The highest BCUT2D eigenvalue weighted by Gasteiger charge is 2.17. The van der Waals surface area contributed by atoms with Gasteiger partial charge in [0.25, 0.3) is 0 Å². The summed E-state index contributed by atoms with van der Waals surface area (Å²) in [7, 11) is 0. The van der Waals surface area contributed by atoms with E-state index in [9.17, 15) is 4.79 Å². The lowest BCUT2D eigenvalue weighted by Gasteiger charge is -2.05. The zero-order valence-corrected chi connectivity index (χ0v) is 16.4. The molecule has 0 spiro atoms. The summed E-state index contributed by atoms with van der Waals surface area (Å²) >= 11 is 0. The van der Waals surface area contributed by atoms with Crippen molar-refractivity contribution in [2.45, 2.75) is 13.3 Å². The van der Waals surface area contributed by atoms with E-state index in [2.05, 4.69) is 90.2 Å². The van der Waals surface area contributed by atoms with Crippen molar-refractivity contribution in [3.63, 3.8) is 0 Å². The Morgan fingerprint density at radius 2 is 1.21 bits per heavy atom. The lowest BCUT2D eigenvalue weighted by Crippen LogP contribution is -2.05. The molecule has 0 aliphatic heterocycles. The highest BCUT2D eigenvalue weighted by molar-refractivity contribution is 5.90. The van der Waals surface area contributed by atoms with Crippen LogP contribution in [0.5, 0.6) is 0 Å². The molecule has 0 fully saturated rings. The topological polar surface area (TPSA) is 29.1 Å². The maximum Gasteiger partial charge on any atom is 0.221 e. The summed E-state index contributed by atoms with van der Waals surface area (Å²) in [5, 5.41) is 2.82. The second-order valence-corrected chi connectivity index (χ2v) is 7.12. The Hall–Kier alpha value is -3.65. The van der Waals surface area contributed by atoms with Crippen LogP contribution in [0.2, 0.25) is 0 Å². The van der Waals surface area contributed by atoms with Gasteiger partial charge in [-0.05, 0) is 51.9 Å². The number of carbonyl (C=O) groups excluding carboxylic acids is 1. The molecule has 2 nitrogen and oxygen atoms in total. The third kappa shape index (κ3) is 4.44. The molecule has 4 aromatic rings. The summed E-state index contributed by atoms with van der Waals surface area (Å²) < 4.78 is 0. The van der Waals surface area contributed by atoms with Crippen LogP contribution < -0.4 is 5.32 Å². The molecule has 0 atom stereocenters. The summed E-state index contributed by atoms with van der Waals surface area (Å²) in [6.07, 6.45) is 0.957. The SMILES string of the molecule is CC(=O)Nc1ccc2c(c1)Cc1ccccc1-2.c1ccc(-c2ccccc2)cc1. The molecule has 0 saturated heterocycles. The Labute approximate surface area is 171 Å². The monoisotopic (exact) mass is 377 g/mol. The number of fused-ring (bicyclic) bond motifs is 3. The number of carbonyl (C=O) groups is 1. The molecule has 1 amide bonds. The van der Waals surface area contributed by atoms with Crippen molar-refractivity contribution in [3.05, 3.63) is 114 Å². The lowest BCUT2D eigenvalue weighted by molar-refractivity contribution is -0.114. The largest absolute Gasteiger partial charge is 0.326 e. The van der Waals surface area contributed by atoms with Crippen molar-refractivity contribution < 1.29 is 4.79 Å². The molecule has 0 saturated carbocycles. The summed E-state index contributed by atoms with van der Waals surface area (Å²) in [4.78, 5) is 11.0. The second kappa shape index (κ2) is 8.57. The van der Waals surface area contributed by atoms with Gasteiger partial charge < -0.3 is 5.32 Å². The zero-order chi connectivity index (χ0) is 20.1. The van der Waals surface area contributed by atoms with E-state index in [-0.39, 0.29) is 5.91 Å². The van der Waals surface area contributed by atoms with Crippen molar-refractivity contribution in [2.75, 3.05) is 5.32 Å². The minimum absolute atomic E-state index is 0.0274. The highest BCUT2D eigenvalue weighted by Crippen LogP contribution is 2.37. The Morgan fingerprint density at radius 3 is 1.83 bits per heavy atom. The molecule has 0 radical (unpaired) electrons. The molecule has 1 aliphatic rings. The van der Waals surface area contributed by atoms with E-state index in [1.807, 2.05) is 18.2 Å². The number of benzene rings is 4. The smallest absolute Gasteiger partial charge is 0.221 e. The van der Waals surface area contributed by atoms with Crippen LogP contribution in [-0.2, 0) is 11.2 Å². The van der Waals surface area contributed by atoms with Gasteiger partial charge in [-0.25, -0.2) is 0 Å². The van der Waals surface area contributed by atoms with Crippen LogP contribution in [0.3, 0.4) is 0 Å². The number of hydrogen-bond acceptors (Lipinski definition) is 1. The fourth-order valence-corrected chi connectivity index (χ4v) is 3.69. The van der Waals surface area contributed by atoms with Gasteiger partial charge in [0.2, 0.25) is 5.91 Å². The molecule has 0 unspecified atom stereocenters. The second-order valence-electron chi connectivity index (χ2n) is 7.12. The maximum atomic E-state index is 11.0. The minimum Gasteiger partial charge on any atom is -0.326 e. The molecular formula is C27H23NO. The third-order valence-corrected chi connectivity index (χ3v) is 4.99. The third-order valence-electron chi connectivity index (χ3n) is 4.99. The zero-order valence-electron chi connectivity index (χ0n) is 16.4. The summed E-state index contributed by atoms with van der Waals surface area (Å²) in [6, 6.07) is 35.3.